The lowest BCUT2D eigenvalue weighted by Crippen LogP contribution is -2.25. The molecule has 0 spiro atoms. The average Bonchev–Trinajstić information content (AvgIpc) is 4.05. The fourth-order valence-electron chi connectivity index (χ4n) is 10.4. The van der Waals surface area contributed by atoms with Crippen LogP contribution in [-0.2, 0) is 16.2 Å². The molecular weight excluding hydrogens is 881 g/mol. The Hall–Kier alpha value is -8.09. The molecule has 8 aromatic carbocycles. The molecule has 0 saturated carbocycles. The summed E-state index contributed by atoms with van der Waals surface area (Å²) in [5, 5.41) is 4.56. The Balaban J connectivity index is 0.888. The molecule has 0 unspecified atom stereocenters. The van der Waals surface area contributed by atoms with Crippen LogP contribution in [0.4, 0.5) is 22.7 Å². The number of furan rings is 1. The van der Waals surface area contributed by atoms with E-state index in [1.165, 1.54) is 33.8 Å². The molecule has 0 atom stereocenters. The third kappa shape index (κ3) is 8.05. The highest BCUT2D eigenvalue weighted by Gasteiger charge is 2.30. The molecule has 0 N–H and O–H groups in total. The number of anilines is 4. The van der Waals surface area contributed by atoms with Crippen molar-refractivity contribution in [2.24, 2.45) is 0 Å². The summed E-state index contributed by atoms with van der Waals surface area (Å²) in [6.45, 7) is 21.2. The Labute approximate surface area is 422 Å². The van der Waals surface area contributed by atoms with Gasteiger partial charge >= 0.3 is 0 Å². The first-order valence-electron chi connectivity index (χ1n) is 25.2. The zero-order valence-electron chi connectivity index (χ0n) is 42.7. The molecule has 0 aliphatic carbocycles. The maximum Gasteiger partial charge on any atom is 0.137 e. The number of ether oxygens (including phenoxy) is 1. The van der Waals surface area contributed by atoms with Crippen molar-refractivity contribution < 1.29 is 9.15 Å². The molecule has 4 heterocycles. The molecule has 356 valence electrons. The van der Waals surface area contributed by atoms with Crippen molar-refractivity contribution in [3.05, 3.63) is 205 Å². The fraction of sp³-hybridized carbons (Fsp3) is 0.197. The van der Waals surface area contributed by atoms with E-state index in [1.807, 2.05) is 18.3 Å². The van der Waals surface area contributed by atoms with Crippen molar-refractivity contribution in [1.82, 2.24) is 9.55 Å². The Bertz CT molecular complexity index is 3860. The molecule has 72 heavy (non-hydrogen) atoms. The maximum atomic E-state index is 6.86. The van der Waals surface area contributed by atoms with Crippen molar-refractivity contribution >= 4 is 66.5 Å². The number of nitrogens with zero attached hydrogens (tertiary/aromatic N) is 4. The van der Waals surface area contributed by atoms with Crippen LogP contribution in [0.3, 0.4) is 0 Å². The minimum Gasteiger partial charge on any atom is -0.457 e. The predicted molar refractivity (Wildman–Crippen MR) is 301 cm³/mol. The van der Waals surface area contributed by atoms with Gasteiger partial charge in [0.1, 0.15) is 35.2 Å². The zero-order chi connectivity index (χ0) is 49.7. The topological polar surface area (TPSA) is 46.7 Å². The lowest BCUT2D eigenvalue weighted by molar-refractivity contribution is 0.483. The summed E-state index contributed by atoms with van der Waals surface area (Å²) in [7, 11) is 0. The standard InChI is InChI=1S/C66H60N4O2/c1-64(2,3)46-31-32-67-63(38-46)70-57-30-26-44(42-21-23-43(24-22-42)45-25-28-55-54-17-10-13-20-61(54)72-62(55)34-45)33-56(57)53-29-27-52(40-60(53)70)71-51-16-14-15-49(39-51)68-41-69(59-19-12-11-18-58(59)68)50-36-47(65(4,5)6)35-48(37-50)66(7,8)9/h10-40H,41H2,1-9H3. The van der Waals surface area contributed by atoms with E-state index in [0.29, 0.717) is 6.67 Å². The number of para-hydroxylation sites is 3. The highest BCUT2D eigenvalue weighted by atomic mass is 16.5. The molecule has 6 nitrogen and oxygen atoms in total. The van der Waals surface area contributed by atoms with Crippen molar-refractivity contribution in [2.45, 2.75) is 78.6 Å². The van der Waals surface area contributed by atoms with E-state index in [0.717, 1.165) is 89.0 Å². The zero-order valence-corrected chi connectivity index (χ0v) is 42.7. The summed E-state index contributed by atoms with van der Waals surface area (Å²) in [5.41, 5.74) is 17.0. The highest BCUT2D eigenvalue weighted by Crippen LogP contribution is 2.47. The van der Waals surface area contributed by atoms with Gasteiger partial charge in [0.25, 0.3) is 0 Å². The van der Waals surface area contributed by atoms with Gasteiger partial charge in [0.15, 0.2) is 0 Å². The Kier molecular flexibility index (Phi) is 10.5. The number of hydrogen-bond donors (Lipinski definition) is 0. The quantitative estimate of drug-likeness (QED) is 0.159. The molecule has 0 fully saturated rings. The second-order valence-electron chi connectivity index (χ2n) is 22.6. The lowest BCUT2D eigenvalue weighted by atomic mass is 9.80. The predicted octanol–water partition coefficient (Wildman–Crippen LogP) is 18.3. The van der Waals surface area contributed by atoms with Crippen LogP contribution in [0.15, 0.2) is 193 Å². The van der Waals surface area contributed by atoms with E-state index in [9.17, 15) is 0 Å². The second kappa shape index (κ2) is 16.8. The smallest absolute Gasteiger partial charge is 0.137 e. The molecular formula is C66H60N4O2. The third-order valence-corrected chi connectivity index (χ3v) is 14.6. The molecule has 11 aromatic rings. The molecule has 0 amide bonds. The number of hydrogen-bond acceptors (Lipinski definition) is 5. The number of fused-ring (bicyclic) bond motifs is 7. The maximum absolute atomic E-state index is 6.86. The van der Waals surface area contributed by atoms with Gasteiger partial charge in [-0.25, -0.2) is 4.98 Å². The first-order chi connectivity index (χ1) is 34.5. The van der Waals surface area contributed by atoms with Crippen molar-refractivity contribution in [3.8, 4) is 39.6 Å². The highest BCUT2D eigenvalue weighted by molar-refractivity contribution is 6.11. The molecule has 6 heteroatoms. The molecule has 1 aliphatic heterocycles. The molecule has 1 aliphatic rings. The fourth-order valence-corrected chi connectivity index (χ4v) is 10.4. The number of rotatable bonds is 7. The normalized spacial score (nSPS) is 13.2. The lowest BCUT2D eigenvalue weighted by Gasteiger charge is -2.29. The number of pyridine rings is 1. The molecule has 12 rings (SSSR count). The van der Waals surface area contributed by atoms with Gasteiger partial charge in [-0.3, -0.25) is 4.57 Å². The van der Waals surface area contributed by atoms with E-state index < -0.39 is 0 Å². The molecule has 3 aromatic heterocycles. The van der Waals surface area contributed by atoms with Crippen molar-refractivity contribution in [3.63, 3.8) is 0 Å². The summed E-state index contributed by atoms with van der Waals surface area (Å²) in [6, 6.07) is 65.6. The first kappa shape index (κ1) is 45.1. The second-order valence-corrected chi connectivity index (χ2v) is 22.6. The first-order valence-corrected chi connectivity index (χ1v) is 25.2. The van der Waals surface area contributed by atoms with Gasteiger partial charge in [-0.1, -0.05) is 141 Å². The van der Waals surface area contributed by atoms with Crippen LogP contribution in [0.5, 0.6) is 11.5 Å². The van der Waals surface area contributed by atoms with Crippen LogP contribution >= 0.6 is 0 Å². The third-order valence-electron chi connectivity index (χ3n) is 14.6. The SMILES string of the molecule is CC(C)(C)c1cc(N2CN(c3cccc(Oc4ccc5c6cc(-c7ccc(-c8ccc9c(c8)oc8ccccc89)cc7)ccc6n(-c6cc(C(C)(C)C)ccn6)c5c4)c3)c3ccccc32)cc(C(C)(C)C)c1. The van der Waals surface area contributed by atoms with E-state index in [1.54, 1.807) is 0 Å². The monoisotopic (exact) mass is 940 g/mol. The average molecular weight is 941 g/mol. The van der Waals surface area contributed by atoms with Crippen molar-refractivity contribution in [1.29, 1.82) is 0 Å². The Morgan fingerprint density at radius 3 is 1.72 bits per heavy atom. The summed E-state index contributed by atoms with van der Waals surface area (Å²) < 4.78 is 15.4. The van der Waals surface area contributed by atoms with Crippen LogP contribution in [0, 0.1) is 0 Å². The van der Waals surface area contributed by atoms with E-state index in [-0.39, 0.29) is 16.2 Å². The van der Waals surface area contributed by atoms with Crippen LogP contribution in [-0.4, -0.2) is 16.2 Å². The van der Waals surface area contributed by atoms with Crippen LogP contribution < -0.4 is 14.5 Å². The summed E-state index contributed by atoms with van der Waals surface area (Å²) in [4.78, 5) is 9.85. The van der Waals surface area contributed by atoms with Gasteiger partial charge in [-0.05, 0) is 146 Å². The van der Waals surface area contributed by atoms with E-state index >= 15 is 0 Å². The van der Waals surface area contributed by atoms with Gasteiger partial charge in [-0.15, -0.1) is 0 Å². The summed E-state index contributed by atoms with van der Waals surface area (Å²) in [5.74, 6) is 2.40. The van der Waals surface area contributed by atoms with Gasteiger partial charge in [0, 0.05) is 51.2 Å². The minimum atomic E-state index is -0.0500. The number of aromatic nitrogens is 2. The molecule has 0 bridgehead atoms. The minimum absolute atomic E-state index is 0.0105. The van der Waals surface area contributed by atoms with E-state index in [2.05, 4.69) is 247 Å². The van der Waals surface area contributed by atoms with Gasteiger partial charge in [0.05, 0.1) is 22.4 Å². The largest absolute Gasteiger partial charge is 0.457 e. The van der Waals surface area contributed by atoms with E-state index in [4.69, 9.17) is 14.1 Å². The molecule has 0 radical (unpaired) electrons. The van der Waals surface area contributed by atoms with Crippen LogP contribution in [0.1, 0.15) is 79.0 Å². The van der Waals surface area contributed by atoms with Crippen LogP contribution in [0.25, 0.3) is 71.8 Å². The van der Waals surface area contributed by atoms with Gasteiger partial charge in [-0.2, -0.15) is 0 Å². The van der Waals surface area contributed by atoms with Crippen molar-refractivity contribution in [2.75, 3.05) is 16.5 Å². The number of benzene rings is 8. The van der Waals surface area contributed by atoms with Gasteiger partial charge < -0.3 is 19.0 Å². The Morgan fingerprint density at radius 1 is 0.417 bits per heavy atom. The van der Waals surface area contributed by atoms with Crippen LogP contribution in [0.2, 0.25) is 0 Å². The summed E-state index contributed by atoms with van der Waals surface area (Å²) in [6.07, 6.45) is 1.93. The van der Waals surface area contributed by atoms with Gasteiger partial charge in [0.2, 0.25) is 0 Å². The summed E-state index contributed by atoms with van der Waals surface area (Å²) >= 11 is 0. The molecule has 0 saturated heterocycles. The Morgan fingerprint density at radius 2 is 1.01 bits per heavy atom.